The van der Waals surface area contributed by atoms with Crippen molar-refractivity contribution in [2.24, 2.45) is 0 Å². The van der Waals surface area contributed by atoms with Crippen LogP contribution in [-0.2, 0) is 4.43 Å². The zero-order valence-electron chi connectivity index (χ0n) is 17.2. The standard InChI is InChI=1S/C15H26OSi.C7H16O/c1-4-5-6-7-11-14-16-17(2,3)15-12-9-8-10-13-15;1-2-3-4-5-6-7-8/h8-10,12-13H,4-7,11,14H2,1-3H3;8H,2-7H2,1H3. The first-order chi connectivity index (χ1) is 12.1. The maximum absolute atomic E-state index is 8.37. The zero-order chi connectivity index (χ0) is 18.8. The first-order valence-corrected chi connectivity index (χ1v) is 13.3. The van der Waals surface area contributed by atoms with E-state index in [9.17, 15) is 0 Å². The number of unbranched alkanes of at least 4 members (excludes halogenated alkanes) is 8. The Bertz CT molecular complexity index is 373. The number of aliphatic hydroxyl groups is 1. The van der Waals surface area contributed by atoms with Crippen molar-refractivity contribution < 1.29 is 9.53 Å². The van der Waals surface area contributed by atoms with Gasteiger partial charge < -0.3 is 9.53 Å². The fraction of sp³-hybridized carbons (Fsp3) is 0.727. The lowest BCUT2D eigenvalue weighted by molar-refractivity contribution is 0.282. The third kappa shape index (κ3) is 14.2. The monoisotopic (exact) mass is 366 g/mol. The van der Waals surface area contributed by atoms with Crippen molar-refractivity contribution in [2.75, 3.05) is 13.2 Å². The number of benzene rings is 1. The topological polar surface area (TPSA) is 29.5 Å². The van der Waals surface area contributed by atoms with E-state index in [1.165, 1.54) is 63.0 Å². The molecule has 0 heterocycles. The molecule has 0 radical (unpaired) electrons. The van der Waals surface area contributed by atoms with Gasteiger partial charge in [0.2, 0.25) is 8.32 Å². The maximum Gasteiger partial charge on any atom is 0.218 e. The van der Waals surface area contributed by atoms with Crippen LogP contribution in [0.1, 0.15) is 78.1 Å². The normalized spacial score (nSPS) is 11.1. The molecule has 0 aliphatic carbocycles. The average Bonchev–Trinajstić information content (AvgIpc) is 2.63. The van der Waals surface area contributed by atoms with Gasteiger partial charge in [0.1, 0.15) is 0 Å². The molecule has 0 saturated heterocycles. The Hall–Kier alpha value is -0.643. The van der Waals surface area contributed by atoms with Crippen molar-refractivity contribution in [3.8, 4) is 0 Å². The first-order valence-electron chi connectivity index (χ1n) is 10.4. The molecule has 0 fully saturated rings. The third-order valence-corrected chi connectivity index (χ3v) is 7.09. The van der Waals surface area contributed by atoms with Crippen LogP contribution < -0.4 is 5.19 Å². The molecule has 2 nitrogen and oxygen atoms in total. The summed E-state index contributed by atoms with van der Waals surface area (Å²) in [6, 6.07) is 10.7. The third-order valence-electron chi connectivity index (χ3n) is 4.44. The molecule has 0 atom stereocenters. The summed E-state index contributed by atoms with van der Waals surface area (Å²) in [5.41, 5.74) is 0. The minimum absolute atomic E-state index is 0.365. The van der Waals surface area contributed by atoms with Crippen LogP contribution in [-0.4, -0.2) is 26.6 Å². The van der Waals surface area contributed by atoms with E-state index >= 15 is 0 Å². The van der Waals surface area contributed by atoms with E-state index in [4.69, 9.17) is 9.53 Å². The first kappa shape index (κ1) is 24.4. The van der Waals surface area contributed by atoms with Gasteiger partial charge in [0, 0.05) is 13.2 Å². The zero-order valence-corrected chi connectivity index (χ0v) is 18.2. The lowest BCUT2D eigenvalue weighted by Crippen LogP contribution is -2.44. The van der Waals surface area contributed by atoms with Crippen molar-refractivity contribution in [2.45, 2.75) is 91.1 Å². The highest BCUT2D eigenvalue weighted by Crippen LogP contribution is 2.08. The molecular formula is C22H42O2Si. The SMILES string of the molecule is CCCCCCCO.CCCCCCCO[Si](C)(C)c1ccccc1. The Balaban J connectivity index is 0.000000609. The van der Waals surface area contributed by atoms with E-state index in [2.05, 4.69) is 57.3 Å². The molecule has 1 rings (SSSR count). The van der Waals surface area contributed by atoms with Crippen LogP contribution in [0.5, 0.6) is 0 Å². The fourth-order valence-electron chi connectivity index (χ4n) is 2.67. The average molecular weight is 367 g/mol. The van der Waals surface area contributed by atoms with Gasteiger partial charge in [-0.2, -0.15) is 0 Å². The Morgan fingerprint density at radius 3 is 1.80 bits per heavy atom. The maximum atomic E-state index is 8.37. The van der Waals surface area contributed by atoms with Crippen molar-refractivity contribution in [3.05, 3.63) is 30.3 Å². The minimum atomic E-state index is -1.65. The lowest BCUT2D eigenvalue weighted by Gasteiger charge is -2.23. The van der Waals surface area contributed by atoms with Crippen LogP contribution in [0, 0.1) is 0 Å². The number of hydrogen-bond acceptors (Lipinski definition) is 2. The van der Waals surface area contributed by atoms with Crippen molar-refractivity contribution in [1.82, 2.24) is 0 Å². The van der Waals surface area contributed by atoms with Crippen molar-refractivity contribution in [3.63, 3.8) is 0 Å². The second kappa shape index (κ2) is 16.8. The molecule has 0 bridgehead atoms. The van der Waals surface area contributed by atoms with Crippen LogP contribution in [0.2, 0.25) is 13.1 Å². The van der Waals surface area contributed by atoms with Gasteiger partial charge in [0.25, 0.3) is 0 Å². The van der Waals surface area contributed by atoms with E-state index in [0.717, 1.165) is 13.0 Å². The summed E-state index contributed by atoms with van der Waals surface area (Å²) in [7, 11) is -1.65. The van der Waals surface area contributed by atoms with Crippen LogP contribution in [0.4, 0.5) is 0 Å². The van der Waals surface area contributed by atoms with Gasteiger partial charge in [-0.1, -0.05) is 95.5 Å². The molecule has 0 amide bonds. The van der Waals surface area contributed by atoms with Gasteiger partial charge in [-0.05, 0) is 31.1 Å². The van der Waals surface area contributed by atoms with E-state index < -0.39 is 8.32 Å². The molecule has 0 aliphatic heterocycles. The van der Waals surface area contributed by atoms with Gasteiger partial charge in [0.05, 0.1) is 0 Å². The molecule has 3 heteroatoms. The molecule has 25 heavy (non-hydrogen) atoms. The molecule has 1 N–H and O–H groups in total. The summed E-state index contributed by atoms with van der Waals surface area (Å²) >= 11 is 0. The Morgan fingerprint density at radius 2 is 1.28 bits per heavy atom. The summed E-state index contributed by atoms with van der Waals surface area (Å²) in [5, 5.41) is 9.76. The molecule has 0 aliphatic rings. The van der Waals surface area contributed by atoms with Gasteiger partial charge >= 0.3 is 0 Å². The van der Waals surface area contributed by atoms with Crippen LogP contribution in [0.25, 0.3) is 0 Å². The van der Waals surface area contributed by atoms with Crippen LogP contribution in [0.3, 0.4) is 0 Å². The number of rotatable bonds is 13. The molecule has 0 saturated carbocycles. The van der Waals surface area contributed by atoms with E-state index in [-0.39, 0.29) is 0 Å². The van der Waals surface area contributed by atoms with Gasteiger partial charge in [-0.15, -0.1) is 0 Å². The second-order valence-corrected chi connectivity index (χ2v) is 11.2. The van der Waals surface area contributed by atoms with Gasteiger partial charge in [0.15, 0.2) is 0 Å². The number of hydrogen-bond donors (Lipinski definition) is 1. The van der Waals surface area contributed by atoms with Crippen molar-refractivity contribution in [1.29, 1.82) is 0 Å². The van der Waals surface area contributed by atoms with Gasteiger partial charge in [-0.3, -0.25) is 0 Å². The summed E-state index contributed by atoms with van der Waals surface area (Å²) in [4.78, 5) is 0. The predicted molar refractivity (Wildman–Crippen MR) is 114 cm³/mol. The van der Waals surface area contributed by atoms with E-state index in [0.29, 0.717) is 6.61 Å². The fourth-order valence-corrected chi connectivity index (χ4v) is 4.49. The Morgan fingerprint density at radius 1 is 0.760 bits per heavy atom. The summed E-state index contributed by atoms with van der Waals surface area (Å²) in [5.74, 6) is 0. The Kier molecular flexibility index (Phi) is 16.4. The highest BCUT2D eigenvalue weighted by Gasteiger charge is 2.24. The molecule has 1 aromatic carbocycles. The summed E-state index contributed by atoms with van der Waals surface area (Å²) in [6.45, 7) is 10.3. The largest absolute Gasteiger partial charge is 0.413 e. The molecule has 0 aromatic heterocycles. The molecule has 1 aromatic rings. The van der Waals surface area contributed by atoms with Crippen molar-refractivity contribution >= 4 is 13.5 Å². The van der Waals surface area contributed by atoms with Gasteiger partial charge in [-0.25, -0.2) is 0 Å². The number of aliphatic hydroxyl groups excluding tert-OH is 1. The highest BCUT2D eigenvalue weighted by atomic mass is 28.4. The smallest absolute Gasteiger partial charge is 0.218 e. The predicted octanol–water partition coefficient (Wildman–Crippen LogP) is 6.03. The molecule has 0 spiro atoms. The van der Waals surface area contributed by atoms with E-state index in [1.807, 2.05) is 0 Å². The summed E-state index contributed by atoms with van der Waals surface area (Å²) in [6.07, 6.45) is 12.6. The molecule has 0 unspecified atom stereocenters. The van der Waals surface area contributed by atoms with E-state index in [1.54, 1.807) is 0 Å². The highest BCUT2D eigenvalue weighted by molar-refractivity contribution is 6.84. The molecule has 146 valence electrons. The quantitative estimate of drug-likeness (QED) is 0.341. The van der Waals surface area contributed by atoms with Crippen LogP contribution >= 0.6 is 0 Å². The van der Waals surface area contributed by atoms with Crippen LogP contribution in [0.15, 0.2) is 30.3 Å². The summed E-state index contributed by atoms with van der Waals surface area (Å²) < 4.78 is 6.13. The molecular weight excluding hydrogens is 324 g/mol. The minimum Gasteiger partial charge on any atom is -0.413 e. The lowest BCUT2D eigenvalue weighted by atomic mass is 10.2. The second-order valence-electron chi connectivity index (χ2n) is 7.28. The Labute approximate surface area is 158 Å².